The summed E-state index contributed by atoms with van der Waals surface area (Å²) in [5.41, 5.74) is 0. The van der Waals surface area contributed by atoms with Crippen molar-refractivity contribution in [3.8, 4) is 0 Å². The maximum Gasteiger partial charge on any atom is 0.306 e. The van der Waals surface area contributed by atoms with E-state index in [4.69, 9.17) is 9.47 Å². The van der Waals surface area contributed by atoms with Crippen LogP contribution in [-0.2, 0) is 19.1 Å². The van der Waals surface area contributed by atoms with Crippen LogP contribution in [-0.4, -0.2) is 36.4 Å². The molecule has 420 valence electrons. The van der Waals surface area contributed by atoms with Crippen molar-refractivity contribution in [3.63, 3.8) is 0 Å². The summed E-state index contributed by atoms with van der Waals surface area (Å²) in [6, 6.07) is 0. The van der Waals surface area contributed by atoms with Crippen molar-refractivity contribution in [2.24, 2.45) is 0 Å². The van der Waals surface area contributed by atoms with Gasteiger partial charge < -0.3 is 14.6 Å². The SMILES string of the molecule is CC/C=C\C/C=C\C/C=C\C/C=C\C/C=C\C/C=C\C/C=C\C/C=C\C/C=C\CCCCCCCCCCCCCC(=O)OC(CO)COC(=O)CCCCCCCCCCC/C=C\C/C=C\CCCCCCC. The third kappa shape index (κ3) is 60.6. The number of unbranched alkanes of at least 4 members (excludes halogenated alkanes) is 25. The number of esters is 2. The van der Waals surface area contributed by atoms with Crippen LogP contribution in [0.1, 0.15) is 271 Å². The summed E-state index contributed by atoms with van der Waals surface area (Å²) < 4.78 is 10.7. The molecule has 0 aliphatic heterocycles. The van der Waals surface area contributed by atoms with E-state index in [0.717, 1.165) is 103 Å². The Kier molecular flexibility index (Phi) is 59.9. The zero-order chi connectivity index (χ0) is 53.4. The summed E-state index contributed by atoms with van der Waals surface area (Å²) in [6.07, 6.45) is 94.3. The van der Waals surface area contributed by atoms with Gasteiger partial charge in [0.15, 0.2) is 6.10 Å². The third-order valence-corrected chi connectivity index (χ3v) is 12.9. The molecule has 0 rings (SSSR count). The van der Waals surface area contributed by atoms with Gasteiger partial charge in [0.1, 0.15) is 6.61 Å². The summed E-state index contributed by atoms with van der Waals surface area (Å²) in [5, 5.41) is 9.67. The minimum atomic E-state index is -0.784. The van der Waals surface area contributed by atoms with Crippen molar-refractivity contribution in [2.75, 3.05) is 13.2 Å². The van der Waals surface area contributed by atoms with Crippen molar-refractivity contribution < 1.29 is 24.2 Å². The smallest absolute Gasteiger partial charge is 0.306 e. The molecule has 0 aliphatic rings. The molecule has 0 saturated carbocycles. The van der Waals surface area contributed by atoms with Gasteiger partial charge in [-0.1, -0.05) is 276 Å². The first kappa shape index (κ1) is 70.0. The Morgan fingerprint density at radius 1 is 0.324 bits per heavy atom. The first-order chi connectivity index (χ1) is 36.6. The number of hydrogen-bond donors (Lipinski definition) is 1. The van der Waals surface area contributed by atoms with Gasteiger partial charge in [-0.3, -0.25) is 9.59 Å². The van der Waals surface area contributed by atoms with Gasteiger partial charge in [0.25, 0.3) is 0 Å². The normalized spacial score (nSPS) is 13.2. The lowest BCUT2D eigenvalue weighted by Crippen LogP contribution is -2.28. The van der Waals surface area contributed by atoms with Gasteiger partial charge >= 0.3 is 11.9 Å². The van der Waals surface area contributed by atoms with E-state index >= 15 is 0 Å². The van der Waals surface area contributed by atoms with Gasteiger partial charge in [-0.15, -0.1) is 0 Å². The molecule has 0 spiro atoms. The number of rotatable bonds is 55. The molecule has 0 saturated heterocycles. The number of carbonyl (C=O) groups excluding carboxylic acids is 2. The van der Waals surface area contributed by atoms with Crippen LogP contribution >= 0.6 is 0 Å². The van der Waals surface area contributed by atoms with E-state index in [9.17, 15) is 14.7 Å². The molecule has 1 atom stereocenters. The molecule has 1 unspecified atom stereocenters. The Hall–Kier alpha value is -3.96. The van der Waals surface area contributed by atoms with Crippen LogP contribution in [0.15, 0.2) is 134 Å². The zero-order valence-corrected chi connectivity index (χ0v) is 48.1. The van der Waals surface area contributed by atoms with E-state index in [1.54, 1.807) is 0 Å². The maximum absolute atomic E-state index is 12.3. The summed E-state index contributed by atoms with van der Waals surface area (Å²) in [6.45, 7) is 4.02. The molecule has 0 aromatic rings. The second-order valence-corrected chi connectivity index (χ2v) is 20.0. The molecule has 5 nitrogen and oxygen atoms in total. The molecule has 0 fully saturated rings. The number of aliphatic hydroxyl groups excluding tert-OH is 1. The van der Waals surface area contributed by atoms with Crippen molar-refractivity contribution in [1.82, 2.24) is 0 Å². The van der Waals surface area contributed by atoms with Crippen molar-refractivity contribution >= 4 is 11.9 Å². The molecule has 0 heterocycles. The van der Waals surface area contributed by atoms with Crippen molar-refractivity contribution in [2.45, 2.75) is 277 Å². The van der Waals surface area contributed by atoms with Gasteiger partial charge in [0.05, 0.1) is 6.61 Å². The second-order valence-electron chi connectivity index (χ2n) is 20.0. The van der Waals surface area contributed by atoms with Crippen LogP contribution < -0.4 is 0 Å². The monoisotopic (exact) mass is 1020 g/mol. The summed E-state index contributed by atoms with van der Waals surface area (Å²) >= 11 is 0. The zero-order valence-electron chi connectivity index (χ0n) is 48.1. The maximum atomic E-state index is 12.3. The van der Waals surface area contributed by atoms with E-state index in [2.05, 4.69) is 148 Å². The van der Waals surface area contributed by atoms with Crippen LogP contribution in [0.5, 0.6) is 0 Å². The van der Waals surface area contributed by atoms with Crippen LogP contribution in [0.4, 0.5) is 0 Å². The number of hydrogen-bond acceptors (Lipinski definition) is 5. The molecular weight excluding hydrogens is 909 g/mol. The van der Waals surface area contributed by atoms with Crippen LogP contribution in [0, 0.1) is 0 Å². The Balaban J connectivity index is 3.56. The highest BCUT2D eigenvalue weighted by atomic mass is 16.6. The molecule has 74 heavy (non-hydrogen) atoms. The largest absolute Gasteiger partial charge is 0.462 e. The van der Waals surface area contributed by atoms with Crippen LogP contribution in [0.3, 0.4) is 0 Å². The Labute approximate surface area is 457 Å². The summed E-state index contributed by atoms with van der Waals surface area (Å²) in [4.78, 5) is 24.6. The fourth-order valence-electron chi connectivity index (χ4n) is 8.34. The Morgan fingerprint density at radius 3 is 0.878 bits per heavy atom. The predicted molar refractivity (Wildman–Crippen MR) is 324 cm³/mol. The standard InChI is InChI=1S/C69H114O5/c1-3-5-7-9-11-13-15-17-19-21-23-25-26-27-28-29-30-31-32-33-34-35-36-37-38-39-40-41-42-44-46-48-50-52-54-56-58-60-62-64-69(72)74-67(65-70)66-73-68(71)63-61-59-57-55-53-51-49-47-45-43-24-22-20-18-16-14-12-10-8-6-4-2/h5,7,11,13,16-19,22-25,27-28,30-31,33-34,36-37,39-40,67,70H,3-4,6,8-10,12,14-15,20-21,26,29,32,35,38,41-66H2,1-2H3/b7-5-,13-11-,18-16-,19-17-,24-22-,25-23-,28-27-,31-30-,34-33-,37-36-,40-39-. The molecule has 0 aromatic carbocycles. The highest BCUT2D eigenvalue weighted by molar-refractivity contribution is 5.70. The molecule has 5 heteroatoms. The Morgan fingerprint density at radius 2 is 0.581 bits per heavy atom. The fraction of sp³-hybridized carbons (Fsp3) is 0.652. The van der Waals surface area contributed by atoms with E-state index in [1.165, 1.54) is 141 Å². The molecule has 0 aromatic heterocycles. The molecule has 0 radical (unpaired) electrons. The van der Waals surface area contributed by atoms with Gasteiger partial charge in [-0.2, -0.15) is 0 Å². The van der Waals surface area contributed by atoms with Gasteiger partial charge in [-0.25, -0.2) is 0 Å². The van der Waals surface area contributed by atoms with E-state index in [-0.39, 0.29) is 25.2 Å². The minimum absolute atomic E-state index is 0.0746. The van der Waals surface area contributed by atoms with Crippen molar-refractivity contribution in [3.05, 3.63) is 134 Å². The van der Waals surface area contributed by atoms with Crippen molar-refractivity contribution in [1.29, 1.82) is 0 Å². The minimum Gasteiger partial charge on any atom is -0.462 e. The highest BCUT2D eigenvalue weighted by Gasteiger charge is 2.16. The van der Waals surface area contributed by atoms with E-state index in [1.807, 2.05) is 0 Å². The predicted octanol–water partition coefficient (Wildman–Crippen LogP) is 21.2. The first-order valence-electron chi connectivity index (χ1n) is 30.7. The number of aliphatic hydroxyl groups is 1. The quantitative estimate of drug-likeness (QED) is 0.0373. The number of ether oxygens (including phenoxy) is 2. The van der Waals surface area contributed by atoms with E-state index < -0.39 is 6.10 Å². The van der Waals surface area contributed by atoms with Gasteiger partial charge in [0, 0.05) is 12.8 Å². The average molecular weight is 1020 g/mol. The second kappa shape index (κ2) is 63.3. The lowest BCUT2D eigenvalue weighted by atomic mass is 10.0. The van der Waals surface area contributed by atoms with Gasteiger partial charge in [-0.05, 0) is 116 Å². The highest BCUT2D eigenvalue weighted by Crippen LogP contribution is 2.15. The summed E-state index contributed by atoms with van der Waals surface area (Å²) in [7, 11) is 0. The molecule has 1 N–H and O–H groups in total. The number of carbonyl (C=O) groups is 2. The van der Waals surface area contributed by atoms with E-state index in [0.29, 0.717) is 12.8 Å². The lowest BCUT2D eigenvalue weighted by Gasteiger charge is -2.15. The number of allylic oxidation sites excluding steroid dienone is 22. The van der Waals surface area contributed by atoms with Crippen LogP contribution in [0.2, 0.25) is 0 Å². The third-order valence-electron chi connectivity index (χ3n) is 12.9. The molecule has 0 bridgehead atoms. The first-order valence-corrected chi connectivity index (χ1v) is 30.7. The summed E-state index contributed by atoms with van der Waals surface area (Å²) in [5.74, 6) is -0.600. The van der Waals surface area contributed by atoms with Crippen LogP contribution in [0.25, 0.3) is 0 Å². The molecule has 0 aliphatic carbocycles. The lowest BCUT2D eigenvalue weighted by molar-refractivity contribution is -0.161. The topological polar surface area (TPSA) is 72.8 Å². The molecular formula is C69H114O5. The van der Waals surface area contributed by atoms with Gasteiger partial charge in [0.2, 0.25) is 0 Å². The Bertz CT molecular complexity index is 1530. The fourth-order valence-corrected chi connectivity index (χ4v) is 8.34. The molecule has 0 amide bonds. The average Bonchev–Trinajstić information content (AvgIpc) is 3.40.